The fourth-order valence-electron chi connectivity index (χ4n) is 5.52. The van der Waals surface area contributed by atoms with E-state index in [1.807, 2.05) is 48.5 Å². The van der Waals surface area contributed by atoms with Gasteiger partial charge in [0.25, 0.3) is 0 Å². The minimum Gasteiger partial charge on any atom is -0.550 e. The van der Waals surface area contributed by atoms with Crippen molar-refractivity contribution in [3.8, 4) is 0 Å². The van der Waals surface area contributed by atoms with Crippen LogP contribution in [0.15, 0.2) is 0 Å². The smallest absolute Gasteiger partial charge is 0.550 e. The van der Waals surface area contributed by atoms with Gasteiger partial charge in [-0.05, 0) is 125 Å². The van der Waals surface area contributed by atoms with E-state index in [-0.39, 0.29) is 61.8 Å². The first-order valence-electron chi connectivity index (χ1n) is 28.9. The largest absolute Gasteiger partial charge is 4.00 e. The van der Waals surface area contributed by atoms with Crippen molar-refractivity contribution in [2.75, 3.05) is 80.5 Å². The molecule has 0 fully saturated rings. The van der Waals surface area contributed by atoms with E-state index in [1.165, 1.54) is 0 Å². The molecule has 0 amide bonds. The predicted molar refractivity (Wildman–Crippen MR) is 352 cm³/mol. The molecule has 0 aromatic heterocycles. The number of hydrogen-bond donors (Lipinski definition) is 7. The Morgan fingerprint density at radius 2 is 0.323 bits per heavy atom. The third kappa shape index (κ3) is 88.2. The maximum atomic E-state index is 11.0. The van der Waals surface area contributed by atoms with Crippen LogP contribution in [0.4, 0.5) is 0 Å². The molecule has 7 atom stereocenters. The number of nitrogens with two attached hydrogens (primary N) is 7. The van der Waals surface area contributed by atoms with Gasteiger partial charge in [0.15, 0.2) is 40.5 Å². The fraction of sp³-hybridized carbons (Fsp3) is 0.750. The molecule has 0 spiro atoms. The topological polar surface area (TPSA) is 583 Å². The van der Waals surface area contributed by atoms with Crippen LogP contribution in [0.25, 0.3) is 0 Å². The maximum Gasteiger partial charge on any atom is 4.00 e. The number of Topliss-reactive ketones (excluding diaryl/α,β-unsaturated/α-hetero) is 7. The van der Waals surface area contributed by atoms with E-state index >= 15 is 0 Å². The molecule has 0 rings (SSSR count). The van der Waals surface area contributed by atoms with Gasteiger partial charge in [0, 0.05) is 86.7 Å². The van der Waals surface area contributed by atoms with Gasteiger partial charge in [-0.2, -0.15) is 82.3 Å². The maximum absolute atomic E-state index is 11.0. The van der Waals surface area contributed by atoms with Crippen molar-refractivity contribution in [3.05, 3.63) is 0 Å². The number of carboxylic acids is 7. The van der Waals surface area contributed by atoms with Gasteiger partial charge in [-0.25, -0.2) is 0 Å². The molecule has 0 saturated carbocycles. The third-order valence-electron chi connectivity index (χ3n) is 10.6. The molecule has 0 radical (unpaired) electrons. The molecule has 0 bridgehead atoms. The first-order chi connectivity index (χ1) is 42.5. The Morgan fingerprint density at radius 3 is 0.387 bits per heavy atom. The molecule has 93 heavy (non-hydrogen) atoms. The summed E-state index contributed by atoms with van der Waals surface area (Å²) in [6.07, 6.45) is -0.274. The number of aliphatic carboxylic acids is 7. The molecule has 0 aliphatic rings. The van der Waals surface area contributed by atoms with Crippen LogP contribution < -0.4 is 75.9 Å². The summed E-state index contributed by atoms with van der Waals surface area (Å²) in [5, 5.41) is 70.4. The van der Waals surface area contributed by atoms with E-state index in [9.17, 15) is 103 Å². The zero-order valence-corrected chi connectivity index (χ0v) is 66.2. The Balaban J connectivity index is -0.000000126. The van der Waals surface area contributed by atoms with Crippen molar-refractivity contribution in [1.29, 1.82) is 0 Å². The summed E-state index contributed by atoms with van der Waals surface area (Å²) in [6, 6.07) is -4.59. The molecule has 14 N–H and O–H groups in total. The molecule has 0 unspecified atom stereocenters. The van der Waals surface area contributed by atoms with Crippen LogP contribution in [0.1, 0.15) is 138 Å². The second kappa shape index (κ2) is 77.6. The molecule has 0 heterocycles. The van der Waals surface area contributed by atoms with E-state index in [4.69, 9.17) is 40.1 Å². The Hall–Kier alpha value is -1.77. The third-order valence-corrected chi connectivity index (χ3v) is 17.1. The van der Waals surface area contributed by atoms with Crippen LogP contribution >= 0.6 is 82.3 Å². The summed E-state index contributed by atoms with van der Waals surface area (Å²) in [5.74, 6) is -0.305. The van der Waals surface area contributed by atoms with Crippen molar-refractivity contribution >= 4 is 165 Å². The van der Waals surface area contributed by atoms with Crippen LogP contribution in [0, 0.1) is 35.6 Å². The van der Waals surface area contributed by atoms with Gasteiger partial charge in [-0.15, -0.1) is 0 Å². The molecule has 0 aromatic carbocycles. The summed E-state index contributed by atoms with van der Waals surface area (Å²) in [7, 11) is 0. The number of ketones is 7. The van der Waals surface area contributed by atoms with E-state index in [2.05, 4.69) is 0 Å². The average molecular weight is 1660 g/mol. The van der Waals surface area contributed by atoms with Gasteiger partial charge in [0.1, 0.15) is 0 Å². The number of carbonyl (C=O) groups is 14. The van der Waals surface area contributed by atoms with Gasteiger partial charge in [0.2, 0.25) is 0 Å². The van der Waals surface area contributed by atoms with E-state index in [1.54, 1.807) is 82.3 Å². The second-order valence-electron chi connectivity index (χ2n) is 18.3. The minimum absolute atomic E-state index is 0. The number of carbonyl (C=O) groups excluding carboxylic acids is 14. The van der Waals surface area contributed by atoms with Crippen molar-refractivity contribution in [2.45, 2.75) is 181 Å². The molecule has 0 aliphatic heterocycles. The number of rotatable bonds is 49. The zero-order chi connectivity index (χ0) is 71.9. The molecule has 0 aliphatic carbocycles. The predicted octanol–water partition coefficient (Wildman–Crippen LogP) is -5.84. The summed E-state index contributed by atoms with van der Waals surface area (Å²) in [6.45, 7) is 14.1. The molecule has 28 nitrogen and oxygen atoms in total. The molecule has 37 heteroatoms. The van der Waals surface area contributed by atoms with E-state index in [0.717, 1.165) is 80.5 Å². The number of carboxylic acid groups (broad SMARTS) is 7. The zero-order valence-electron chi connectivity index (χ0n) is 54.4. The van der Waals surface area contributed by atoms with Crippen molar-refractivity contribution in [3.63, 3.8) is 0 Å². The quantitative estimate of drug-likeness (QED) is 0.0220. The van der Waals surface area contributed by atoms with E-state index in [0.29, 0.717) is 44.9 Å². The summed E-state index contributed by atoms with van der Waals surface area (Å²) in [5.41, 5.74) is 38.2. The summed E-state index contributed by atoms with van der Waals surface area (Å²) < 4.78 is 0. The standard InChI is InChI=1S/7C8H15NO3S.La.Zr/c7*1-2-13-4-3-6(9)7(10)5-8(11)12;;/h7*6H,2-5,9H2,1H3,(H,11,12);;/q;;;;;;;+3;+4/p-7/t7*6-;;/m0000000../s1. The van der Waals surface area contributed by atoms with Crippen LogP contribution in [0.2, 0.25) is 0 Å². The second-order valence-corrected chi connectivity index (χ2v) is 28.0. The first kappa shape index (κ1) is 110. The number of thioether (sulfide) groups is 7. The van der Waals surface area contributed by atoms with Crippen LogP contribution in [0.3, 0.4) is 0 Å². The molecule has 0 saturated heterocycles. The SMILES string of the molecule is CCSCC[C@H](N)C(=O)CC(=O)[O-].CCSCC[C@H](N)C(=O)CC(=O)[O-].CCSCC[C@H](N)C(=O)CC(=O)[O-].CCSCC[C@H](N)C(=O)CC(=O)[O-].CCSCC[C@H](N)C(=O)CC(=O)[O-].CCSCC[C@H](N)C(=O)CC(=O)[O-].CCSCC[C@H](N)C(=O)CC(=O)[O-].[La+3].[Zr+4]. The monoisotopic (exact) mass is 1660 g/mol. The Labute approximate surface area is 624 Å². The van der Waals surface area contributed by atoms with Crippen LogP contribution in [0.5, 0.6) is 0 Å². The average Bonchev–Trinajstić information content (AvgIpc) is 3.68. The molecular weight excluding hydrogens is 1560 g/mol. The summed E-state index contributed by atoms with van der Waals surface area (Å²) in [4.78, 5) is 147. The fourth-order valence-corrected chi connectivity index (χ4v) is 10.5. The van der Waals surface area contributed by atoms with Crippen molar-refractivity contribution in [1.82, 2.24) is 0 Å². The van der Waals surface area contributed by atoms with Gasteiger partial charge in [-0.1, -0.05) is 48.5 Å². The van der Waals surface area contributed by atoms with Crippen LogP contribution in [-0.2, 0) is 93.3 Å². The van der Waals surface area contributed by atoms with Crippen molar-refractivity contribution < 1.29 is 165 Å². The summed E-state index contributed by atoms with van der Waals surface area (Å²) >= 11 is 11.7. The van der Waals surface area contributed by atoms with Gasteiger partial charge in [0.05, 0.1) is 42.3 Å². The van der Waals surface area contributed by atoms with Gasteiger partial charge in [-0.3, -0.25) is 33.6 Å². The first-order valence-corrected chi connectivity index (χ1v) is 37.0. The number of hydrogen-bond acceptors (Lipinski definition) is 35. The molecule has 532 valence electrons. The Morgan fingerprint density at radius 1 is 0.237 bits per heavy atom. The Kier molecular flexibility index (Phi) is 91.6. The molecular formula is C56H98LaN7O21S7Zr. The normalized spacial score (nSPS) is 12.2. The van der Waals surface area contributed by atoms with Gasteiger partial charge < -0.3 is 109 Å². The Bertz CT molecular complexity index is 1700. The van der Waals surface area contributed by atoms with Gasteiger partial charge >= 0.3 is 61.8 Å². The van der Waals surface area contributed by atoms with Crippen molar-refractivity contribution in [2.24, 2.45) is 40.1 Å². The molecule has 0 aromatic rings. The van der Waals surface area contributed by atoms with Crippen LogP contribution in [-0.4, -0.2) is 205 Å². The van der Waals surface area contributed by atoms with E-state index < -0.39 is 170 Å². The minimum atomic E-state index is -1.36.